The molecule has 0 fully saturated rings. The number of nitrogens with one attached hydrogen (secondary N) is 1. The molecule has 0 bridgehead atoms. The van der Waals surface area contributed by atoms with E-state index >= 15 is 0 Å². The third-order valence-electron chi connectivity index (χ3n) is 7.38. The lowest BCUT2D eigenvalue weighted by Crippen LogP contribution is -2.39. The Morgan fingerprint density at radius 1 is 1.00 bits per heavy atom. The second-order valence-corrected chi connectivity index (χ2v) is 12.1. The van der Waals surface area contributed by atoms with E-state index < -0.39 is 11.6 Å². The molecule has 0 spiro atoms. The number of carbonyl (C=O) groups excluding carboxylic acids is 4. The molecule has 2 rings (SSSR count). The standard InChI is InChI=1S/C35H52N2O6/c1-5-6-7-8-9-10-11-12-13-14-15-16-17-18-19-20-32(41)42-25-27(37-26(2)38)23-29(39)28-21-22-31-33(34(28)36)30(40)24-35(3,4)43-31/h9-10,12-13,21-22,27H,5-8,11,14-20,23-25,36H2,1-4H3,(H,37,38). The Bertz CT molecular complexity index is 1140. The van der Waals surface area contributed by atoms with Crippen LogP contribution in [0.3, 0.4) is 0 Å². The van der Waals surface area contributed by atoms with Gasteiger partial charge in [-0.2, -0.15) is 0 Å². The zero-order valence-electron chi connectivity index (χ0n) is 26.7. The first-order valence-corrected chi connectivity index (χ1v) is 15.9. The second-order valence-electron chi connectivity index (χ2n) is 12.1. The van der Waals surface area contributed by atoms with Gasteiger partial charge in [0.05, 0.1) is 23.7 Å². The maximum atomic E-state index is 13.1. The minimum Gasteiger partial charge on any atom is -0.487 e. The van der Waals surface area contributed by atoms with Gasteiger partial charge in [-0.3, -0.25) is 19.2 Å². The number of nitrogens with two attached hydrogens (primary N) is 1. The lowest BCUT2D eigenvalue weighted by atomic mass is 9.89. The molecular weight excluding hydrogens is 544 g/mol. The van der Waals surface area contributed by atoms with Gasteiger partial charge in [-0.1, -0.05) is 63.3 Å². The summed E-state index contributed by atoms with van der Waals surface area (Å²) in [6.07, 6.45) is 21.4. The summed E-state index contributed by atoms with van der Waals surface area (Å²) in [6.45, 7) is 7.08. The minimum absolute atomic E-state index is 0.0721. The number of ketones is 2. The van der Waals surface area contributed by atoms with Gasteiger partial charge >= 0.3 is 5.97 Å². The number of hydrogen-bond donors (Lipinski definition) is 2. The molecule has 0 aromatic heterocycles. The molecule has 8 nitrogen and oxygen atoms in total. The first-order chi connectivity index (χ1) is 20.5. The van der Waals surface area contributed by atoms with Crippen molar-refractivity contribution < 1.29 is 28.7 Å². The molecule has 0 aliphatic carbocycles. The Balaban J connectivity index is 1.69. The molecule has 8 heteroatoms. The highest BCUT2D eigenvalue weighted by atomic mass is 16.5. The summed E-state index contributed by atoms with van der Waals surface area (Å²) in [4.78, 5) is 49.9. The SMILES string of the molecule is CCCCCC=CCC=CCCCCCCCC(=O)OCC(CC(=O)c1ccc2c(c1N)C(=O)CC(C)(C)O2)NC(C)=O. The van der Waals surface area contributed by atoms with Crippen LogP contribution in [0, 0.1) is 0 Å². The van der Waals surface area contributed by atoms with Gasteiger partial charge in [0.1, 0.15) is 18.0 Å². The molecule has 1 aromatic rings. The quantitative estimate of drug-likeness (QED) is 0.0527. The van der Waals surface area contributed by atoms with Crippen LogP contribution in [-0.4, -0.2) is 41.7 Å². The number of amides is 1. The zero-order valence-corrected chi connectivity index (χ0v) is 26.7. The third-order valence-corrected chi connectivity index (χ3v) is 7.38. The molecule has 3 N–H and O–H groups in total. The molecule has 1 unspecified atom stereocenters. The number of ether oxygens (including phenoxy) is 2. The van der Waals surface area contributed by atoms with Crippen LogP contribution in [-0.2, 0) is 14.3 Å². The van der Waals surface area contributed by atoms with Crippen molar-refractivity contribution in [1.82, 2.24) is 5.32 Å². The summed E-state index contributed by atoms with van der Waals surface area (Å²) in [7, 11) is 0. The minimum atomic E-state index is -0.708. The number of fused-ring (bicyclic) bond motifs is 1. The van der Waals surface area contributed by atoms with Gasteiger partial charge in [-0.05, 0) is 64.5 Å². The number of allylic oxidation sites excluding steroid dienone is 4. The van der Waals surface area contributed by atoms with Crippen molar-refractivity contribution in [2.75, 3.05) is 12.3 Å². The Morgan fingerprint density at radius 2 is 1.65 bits per heavy atom. The Labute approximate surface area is 257 Å². The van der Waals surface area contributed by atoms with Crippen molar-refractivity contribution in [1.29, 1.82) is 0 Å². The van der Waals surface area contributed by atoms with Gasteiger partial charge in [-0.25, -0.2) is 0 Å². The highest BCUT2D eigenvalue weighted by Gasteiger charge is 2.35. The van der Waals surface area contributed by atoms with E-state index in [0.29, 0.717) is 12.2 Å². The molecule has 1 atom stereocenters. The number of unbranched alkanes of at least 4 members (excludes halogenated alkanes) is 8. The van der Waals surface area contributed by atoms with Crippen LogP contribution in [0.5, 0.6) is 5.75 Å². The fraction of sp³-hybridized carbons (Fsp3) is 0.600. The first kappa shape index (κ1) is 35.8. The van der Waals surface area contributed by atoms with E-state index in [1.54, 1.807) is 6.07 Å². The molecule has 1 aliphatic rings. The summed E-state index contributed by atoms with van der Waals surface area (Å²) in [5.41, 5.74) is 6.05. The Kier molecular flexibility index (Phi) is 15.8. The molecule has 0 radical (unpaired) electrons. The number of carbonyl (C=O) groups is 4. The van der Waals surface area contributed by atoms with Crippen LogP contribution in [0.1, 0.15) is 138 Å². The highest BCUT2D eigenvalue weighted by molar-refractivity contribution is 6.11. The summed E-state index contributed by atoms with van der Waals surface area (Å²) in [5, 5.41) is 2.68. The lowest BCUT2D eigenvalue weighted by Gasteiger charge is -2.32. The third kappa shape index (κ3) is 13.6. The first-order valence-electron chi connectivity index (χ1n) is 15.9. The summed E-state index contributed by atoms with van der Waals surface area (Å²) >= 11 is 0. The monoisotopic (exact) mass is 596 g/mol. The van der Waals surface area contributed by atoms with E-state index in [1.807, 2.05) is 13.8 Å². The normalized spacial score (nSPS) is 14.8. The van der Waals surface area contributed by atoms with Crippen LogP contribution >= 0.6 is 0 Å². The second kappa shape index (κ2) is 19.0. The van der Waals surface area contributed by atoms with E-state index in [2.05, 4.69) is 36.5 Å². The lowest BCUT2D eigenvalue weighted by molar-refractivity contribution is -0.145. The van der Waals surface area contributed by atoms with Crippen LogP contribution in [0.4, 0.5) is 5.69 Å². The molecule has 1 heterocycles. The molecular formula is C35H52N2O6. The maximum absolute atomic E-state index is 13.1. The van der Waals surface area contributed by atoms with Crippen LogP contribution < -0.4 is 15.8 Å². The fourth-order valence-electron chi connectivity index (χ4n) is 5.14. The predicted octanol–water partition coefficient (Wildman–Crippen LogP) is 7.45. The number of hydrogen-bond acceptors (Lipinski definition) is 7. The average Bonchev–Trinajstić information content (AvgIpc) is 2.92. The molecule has 1 aliphatic heterocycles. The van der Waals surface area contributed by atoms with Crippen molar-refractivity contribution >= 4 is 29.1 Å². The van der Waals surface area contributed by atoms with E-state index in [4.69, 9.17) is 15.2 Å². The van der Waals surface area contributed by atoms with Crippen LogP contribution in [0.25, 0.3) is 0 Å². The van der Waals surface area contributed by atoms with Crippen LogP contribution in [0.15, 0.2) is 36.4 Å². The van der Waals surface area contributed by atoms with E-state index in [0.717, 1.165) is 44.9 Å². The number of rotatable bonds is 20. The van der Waals surface area contributed by atoms with Gasteiger partial charge in [0, 0.05) is 25.3 Å². The number of anilines is 1. The largest absolute Gasteiger partial charge is 0.487 e. The smallest absolute Gasteiger partial charge is 0.305 e. The highest BCUT2D eigenvalue weighted by Crippen LogP contribution is 2.38. The fourth-order valence-corrected chi connectivity index (χ4v) is 5.14. The van der Waals surface area contributed by atoms with Gasteiger partial charge in [0.2, 0.25) is 5.91 Å². The molecule has 1 amide bonds. The van der Waals surface area contributed by atoms with Gasteiger partial charge in [-0.15, -0.1) is 0 Å². The Hall–Kier alpha value is -3.42. The molecule has 0 saturated heterocycles. The average molecular weight is 597 g/mol. The topological polar surface area (TPSA) is 125 Å². The molecule has 0 saturated carbocycles. The number of benzene rings is 1. The van der Waals surface area contributed by atoms with Gasteiger partial charge < -0.3 is 20.5 Å². The molecule has 1 aromatic carbocycles. The summed E-state index contributed by atoms with van der Waals surface area (Å²) in [6, 6.07) is 2.41. The van der Waals surface area contributed by atoms with E-state index in [1.165, 1.54) is 38.7 Å². The zero-order chi connectivity index (χ0) is 31.7. The van der Waals surface area contributed by atoms with Gasteiger partial charge in [0.15, 0.2) is 11.6 Å². The molecule has 238 valence electrons. The Morgan fingerprint density at radius 3 is 2.33 bits per heavy atom. The summed E-state index contributed by atoms with van der Waals surface area (Å²) in [5.74, 6) is -0.879. The van der Waals surface area contributed by atoms with Gasteiger partial charge in [0.25, 0.3) is 0 Å². The van der Waals surface area contributed by atoms with Crippen molar-refractivity contribution in [2.45, 2.75) is 129 Å². The van der Waals surface area contributed by atoms with E-state index in [-0.39, 0.29) is 59.7 Å². The molecule has 43 heavy (non-hydrogen) atoms. The van der Waals surface area contributed by atoms with E-state index in [9.17, 15) is 19.2 Å². The predicted molar refractivity (Wildman–Crippen MR) is 171 cm³/mol. The summed E-state index contributed by atoms with van der Waals surface area (Å²) < 4.78 is 11.3. The van der Waals surface area contributed by atoms with Crippen molar-refractivity contribution in [3.05, 3.63) is 47.6 Å². The maximum Gasteiger partial charge on any atom is 0.305 e. The van der Waals surface area contributed by atoms with Crippen molar-refractivity contribution in [3.63, 3.8) is 0 Å². The number of Topliss-reactive ketones (excluding diaryl/α,β-unsaturated/α-hetero) is 2. The van der Waals surface area contributed by atoms with Crippen LogP contribution in [0.2, 0.25) is 0 Å². The van der Waals surface area contributed by atoms with Crippen molar-refractivity contribution in [2.24, 2.45) is 0 Å². The number of esters is 1. The van der Waals surface area contributed by atoms with Crippen molar-refractivity contribution in [3.8, 4) is 5.75 Å². The number of nitrogen functional groups attached to an aromatic ring is 1.